The van der Waals surface area contributed by atoms with Crippen LogP contribution in [0.3, 0.4) is 0 Å². The van der Waals surface area contributed by atoms with Crippen LogP contribution < -0.4 is 10.6 Å². The molecule has 0 aliphatic heterocycles. The Morgan fingerprint density at radius 3 is 2.45 bits per heavy atom. The largest absolute Gasteiger partial charge is 0.478 e. The summed E-state index contributed by atoms with van der Waals surface area (Å²) >= 11 is 0. The lowest BCUT2D eigenvalue weighted by Crippen LogP contribution is -2.36. The van der Waals surface area contributed by atoms with E-state index in [1.807, 2.05) is 13.8 Å². The quantitative estimate of drug-likeness (QED) is 0.669. The van der Waals surface area contributed by atoms with Gasteiger partial charge < -0.3 is 15.7 Å². The molecule has 0 aliphatic rings. The SMILES string of the molecule is CCNCC(C)C(=O)NCCc1ccc(C(=O)O)cc1. The molecule has 0 aliphatic carbocycles. The molecule has 5 heteroatoms. The lowest BCUT2D eigenvalue weighted by Gasteiger charge is -2.12. The van der Waals surface area contributed by atoms with Crippen molar-refractivity contribution < 1.29 is 14.7 Å². The van der Waals surface area contributed by atoms with Crippen molar-refractivity contribution in [3.8, 4) is 0 Å². The van der Waals surface area contributed by atoms with E-state index >= 15 is 0 Å². The average molecular weight is 278 g/mol. The van der Waals surface area contributed by atoms with Gasteiger partial charge in [-0.25, -0.2) is 4.79 Å². The molecule has 0 aromatic heterocycles. The minimum Gasteiger partial charge on any atom is -0.478 e. The molecule has 1 unspecified atom stereocenters. The van der Waals surface area contributed by atoms with E-state index in [9.17, 15) is 9.59 Å². The summed E-state index contributed by atoms with van der Waals surface area (Å²) in [7, 11) is 0. The molecule has 0 bridgehead atoms. The summed E-state index contributed by atoms with van der Waals surface area (Å²) in [4.78, 5) is 22.5. The van der Waals surface area contributed by atoms with Gasteiger partial charge in [0.05, 0.1) is 5.56 Å². The lowest BCUT2D eigenvalue weighted by molar-refractivity contribution is -0.124. The normalized spacial score (nSPS) is 11.9. The number of carbonyl (C=O) groups excluding carboxylic acids is 1. The molecular formula is C15H22N2O3. The monoisotopic (exact) mass is 278 g/mol. The van der Waals surface area contributed by atoms with Gasteiger partial charge in [0.15, 0.2) is 0 Å². The molecule has 20 heavy (non-hydrogen) atoms. The van der Waals surface area contributed by atoms with Gasteiger partial charge >= 0.3 is 5.97 Å². The number of carboxylic acids is 1. The fourth-order valence-corrected chi connectivity index (χ4v) is 1.77. The predicted octanol–water partition coefficient (Wildman–Crippen LogP) is 1.29. The van der Waals surface area contributed by atoms with E-state index in [0.29, 0.717) is 19.5 Å². The van der Waals surface area contributed by atoms with Gasteiger partial charge in [0.1, 0.15) is 0 Å². The third-order valence-corrected chi connectivity index (χ3v) is 3.06. The summed E-state index contributed by atoms with van der Waals surface area (Å²) in [5, 5.41) is 14.8. The Morgan fingerprint density at radius 2 is 1.90 bits per heavy atom. The Bertz CT molecular complexity index is 443. The third kappa shape index (κ3) is 5.40. The Hall–Kier alpha value is -1.88. The summed E-state index contributed by atoms with van der Waals surface area (Å²) in [5.74, 6) is -0.945. The topological polar surface area (TPSA) is 78.4 Å². The van der Waals surface area contributed by atoms with E-state index < -0.39 is 5.97 Å². The smallest absolute Gasteiger partial charge is 0.335 e. The van der Waals surface area contributed by atoms with Gasteiger partial charge in [-0.3, -0.25) is 4.79 Å². The lowest BCUT2D eigenvalue weighted by atomic mass is 10.1. The highest BCUT2D eigenvalue weighted by atomic mass is 16.4. The van der Waals surface area contributed by atoms with Gasteiger partial charge in [-0.1, -0.05) is 26.0 Å². The van der Waals surface area contributed by atoms with Gasteiger partial charge in [-0.05, 0) is 30.7 Å². The number of carbonyl (C=O) groups is 2. The van der Waals surface area contributed by atoms with Crippen molar-refractivity contribution in [2.75, 3.05) is 19.6 Å². The molecule has 1 aromatic carbocycles. The van der Waals surface area contributed by atoms with Crippen LogP contribution in [0, 0.1) is 5.92 Å². The van der Waals surface area contributed by atoms with Crippen LogP contribution in [0.5, 0.6) is 0 Å². The number of amides is 1. The summed E-state index contributed by atoms with van der Waals surface area (Å²) in [6.07, 6.45) is 0.694. The maximum Gasteiger partial charge on any atom is 0.335 e. The van der Waals surface area contributed by atoms with Crippen molar-refractivity contribution in [2.24, 2.45) is 5.92 Å². The second-order valence-electron chi connectivity index (χ2n) is 4.75. The highest BCUT2D eigenvalue weighted by Crippen LogP contribution is 2.05. The van der Waals surface area contributed by atoms with Crippen molar-refractivity contribution in [1.82, 2.24) is 10.6 Å². The van der Waals surface area contributed by atoms with Crippen molar-refractivity contribution in [1.29, 1.82) is 0 Å². The van der Waals surface area contributed by atoms with E-state index in [2.05, 4.69) is 10.6 Å². The number of hydrogen-bond acceptors (Lipinski definition) is 3. The molecule has 1 aromatic rings. The fraction of sp³-hybridized carbons (Fsp3) is 0.467. The first-order valence-electron chi connectivity index (χ1n) is 6.85. The zero-order valence-corrected chi connectivity index (χ0v) is 12.0. The Kier molecular flexibility index (Phi) is 6.73. The molecule has 1 atom stereocenters. The molecule has 0 saturated carbocycles. The Labute approximate surface area is 119 Å². The van der Waals surface area contributed by atoms with Crippen LogP contribution in [0.2, 0.25) is 0 Å². The first kappa shape index (κ1) is 16.2. The summed E-state index contributed by atoms with van der Waals surface area (Å²) in [5.41, 5.74) is 1.28. The molecule has 1 rings (SSSR count). The summed E-state index contributed by atoms with van der Waals surface area (Å²) < 4.78 is 0. The van der Waals surface area contributed by atoms with E-state index in [-0.39, 0.29) is 17.4 Å². The van der Waals surface area contributed by atoms with Gasteiger partial charge in [0.25, 0.3) is 0 Å². The second-order valence-corrected chi connectivity index (χ2v) is 4.75. The number of carboxylic acid groups (broad SMARTS) is 1. The molecule has 0 saturated heterocycles. The van der Waals surface area contributed by atoms with Crippen LogP contribution in [-0.4, -0.2) is 36.6 Å². The van der Waals surface area contributed by atoms with Crippen LogP contribution in [0.25, 0.3) is 0 Å². The summed E-state index contributed by atoms with van der Waals surface area (Å²) in [6, 6.07) is 6.70. The van der Waals surface area contributed by atoms with Crippen molar-refractivity contribution in [3.63, 3.8) is 0 Å². The van der Waals surface area contributed by atoms with E-state index in [4.69, 9.17) is 5.11 Å². The number of nitrogens with one attached hydrogen (secondary N) is 2. The van der Waals surface area contributed by atoms with Gasteiger partial charge in [-0.15, -0.1) is 0 Å². The molecule has 1 amide bonds. The molecule has 0 spiro atoms. The highest BCUT2D eigenvalue weighted by Gasteiger charge is 2.11. The van der Waals surface area contributed by atoms with Crippen LogP contribution >= 0.6 is 0 Å². The van der Waals surface area contributed by atoms with Crippen LogP contribution in [0.15, 0.2) is 24.3 Å². The molecule has 5 nitrogen and oxygen atoms in total. The van der Waals surface area contributed by atoms with Crippen LogP contribution in [0.1, 0.15) is 29.8 Å². The molecule has 3 N–H and O–H groups in total. The Morgan fingerprint density at radius 1 is 1.25 bits per heavy atom. The number of benzene rings is 1. The molecule has 0 heterocycles. The van der Waals surface area contributed by atoms with Gasteiger partial charge in [0.2, 0.25) is 5.91 Å². The molecular weight excluding hydrogens is 256 g/mol. The van der Waals surface area contributed by atoms with E-state index in [1.165, 1.54) is 0 Å². The number of aromatic carboxylic acids is 1. The predicted molar refractivity (Wildman–Crippen MR) is 77.8 cm³/mol. The second kappa shape index (κ2) is 8.32. The van der Waals surface area contributed by atoms with Crippen molar-refractivity contribution in [3.05, 3.63) is 35.4 Å². The van der Waals surface area contributed by atoms with Crippen LogP contribution in [-0.2, 0) is 11.2 Å². The first-order chi connectivity index (χ1) is 9.54. The average Bonchev–Trinajstić information content (AvgIpc) is 2.45. The standard InChI is InChI=1S/C15H22N2O3/c1-3-16-10-11(2)14(18)17-9-8-12-4-6-13(7-5-12)15(19)20/h4-7,11,16H,3,8-10H2,1-2H3,(H,17,18)(H,19,20). The van der Waals surface area contributed by atoms with Gasteiger partial charge in [0, 0.05) is 19.0 Å². The zero-order valence-electron chi connectivity index (χ0n) is 12.0. The van der Waals surface area contributed by atoms with Gasteiger partial charge in [-0.2, -0.15) is 0 Å². The van der Waals surface area contributed by atoms with Crippen molar-refractivity contribution in [2.45, 2.75) is 20.3 Å². The minimum absolute atomic E-state index is 0.0353. The van der Waals surface area contributed by atoms with E-state index in [0.717, 1.165) is 12.1 Å². The molecule has 0 fully saturated rings. The maximum absolute atomic E-state index is 11.8. The highest BCUT2D eigenvalue weighted by molar-refractivity contribution is 5.87. The number of hydrogen-bond donors (Lipinski definition) is 3. The van der Waals surface area contributed by atoms with Crippen LogP contribution in [0.4, 0.5) is 0 Å². The Balaban J connectivity index is 2.33. The maximum atomic E-state index is 11.8. The molecule has 0 radical (unpaired) electrons. The zero-order chi connectivity index (χ0) is 15.0. The molecule has 110 valence electrons. The van der Waals surface area contributed by atoms with E-state index in [1.54, 1.807) is 24.3 Å². The van der Waals surface area contributed by atoms with Crippen molar-refractivity contribution >= 4 is 11.9 Å². The first-order valence-corrected chi connectivity index (χ1v) is 6.85. The number of rotatable bonds is 8. The fourth-order valence-electron chi connectivity index (χ4n) is 1.77. The minimum atomic E-state index is -0.929. The third-order valence-electron chi connectivity index (χ3n) is 3.06. The summed E-state index contributed by atoms with van der Waals surface area (Å²) in [6.45, 7) is 5.98.